The van der Waals surface area contributed by atoms with Gasteiger partial charge in [-0.15, -0.1) is 0 Å². The van der Waals surface area contributed by atoms with E-state index in [1.165, 1.54) is 0 Å². The third kappa shape index (κ3) is 2.81. The molecule has 0 radical (unpaired) electrons. The molecule has 2 rings (SSSR count). The van der Waals surface area contributed by atoms with Crippen LogP contribution >= 0.6 is 0 Å². The Balaban J connectivity index is 0.000000711. The molecule has 0 spiro atoms. The first-order valence-corrected chi connectivity index (χ1v) is 5.36. The number of imidazole rings is 1. The van der Waals surface area contributed by atoms with E-state index in [1.807, 2.05) is 26.2 Å². The lowest BCUT2D eigenvalue weighted by atomic mass is 10.1. The van der Waals surface area contributed by atoms with Gasteiger partial charge in [-0.25, -0.2) is 4.98 Å². The molecule has 3 heteroatoms. The molecule has 0 aliphatic carbocycles. The fourth-order valence-corrected chi connectivity index (χ4v) is 1.40. The van der Waals surface area contributed by atoms with Crippen molar-refractivity contribution in [1.29, 1.82) is 0 Å². The number of hydrogen-bond acceptors (Lipinski definition) is 2. The molecule has 0 atom stereocenters. The van der Waals surface area contributed by atoms with Crippen molar-refractivity contribution in [3.8, 4) is 0 Å². The molecular formula is C13H23N3. The third-order valence-corrected chi connectivity index (χ3v) is 2.07. The van der Waals surface area contributed by atoms with Gasteiger partial charge >= 0.3 is 0 Å². The van der Waals surface area contributed by atoms with Crippen molar-refractivity contribution in [2.24, 2.45) is 0 Å². The Morgan fingerprint density at radius 2 is 1.81 bits per heavy atom. The topological polar surface area (TPSA) is 30.7 Å². The molecule has 0 bridgehead atoms. The molecule has 90 valence electrons. The molecule has 3 nitrogen and oxygen atoms in total. The van der Waals surface area contributed by atoms with E-state index in [0.29, 0.717) is 0 Å². The highest BCUT2D eigenvalue weighted by molar-refractivity contribution is 5.74. The summed E-state index contributed by atoms with van der Waals surface area (Å²) in [6.07, 6.45) is 5.45. The summed E-state index contributed by atoms with van der Waals surface area (Å²) in [7, 11) is 0. The van der Waals surface area contributed by atoms with E-state index in [2.05, 4.69) is 35.3 Å². The van der Waals surface area contributed by atoms with Crippen LogP contribution in [0.2, 0.25) is 0 Å². The van der Waals surface area contributed by atoms with Gasteiger partial charge in [0, 0.05) is 11.7 Å². The predicted octanol–water partition coefficient (Wildman–Crippen LogP) is 3.85. The number of fused-ring (bicyclic) bond motifs is 1. The largest absolute Gasteiger partial charge is 0.325 e. The average molecular weight is 221 g/mol. The molecule has 0 aliphatic rings. The summed E-state index contributed by atoms with van der Waals surface area (Å²) >= 11 is 0. The van der Waals surface area contributed by atoms with Crippen LogP contribution in [0.5, 0.6) is 0 Å². The van der Waals surface area contributed by atoms with Gasteiger partial charge in [-0.2, -0.15) is 0 Å². The Morgan fingerprint density at radius 1 is 1.19 bits per heavy atom. The summed E-state index contributed by atoms with van der Waals surface area (Å²) in [5, 5.41) is 0. The Labute approximate surface area is 98.5 Å². The maximum absolute atomic E-state index is 4.29. The fourth-order valence-electron chi connectivity index (χ4n) is 1.40. The van der Waals surface area contributed by atoms with E-state index in [0.717, 1.165) is 11.0 Å². The van der Waals surface area contributed by atoms with Crippen LogP contribution in [0.1, 0.15) is 42.0 Å². The quantitative estimate of drug-likeness (QED) is 0.676. The van der Waals surface area contributed by atoms with E-state index >= 15 is 0 Å². The number of pyridine rings is 1. The zero-order valence-electron chi connectivity index (χ0n) is 10.2. The van der Waals surface area contributed by atoms with Crippen LogP contribution in [-0.2, 0) is 5.54 Å². The van der Waals surface area contributed by atoms with E-state index in [9.17, 15) is 0 Å². The van der Waals surface area contributed by atoms with Crippen molar-refractivity contribution >= 4 is 11.0 Å². The van der Waals surface area contributed by atoms with Gasteiger partial charge in [-0.1, -0.05) is 21.3 Å². The van der Waals surface area contributed by atoms with Crippen LogP contribution in [0.3, 0.4) is 0 Å². The van der Waals surface area contributed by atoms with Crippen LogP contribution < -0.4 is 0 Å². The highest BCUT2D eigenvalue weighted by Gasteiger charge is 2.15. The zero-order chi connectivity index (χ0) is 11.5. The van der Waals surface area contributed by atoms with Crippen molar-refractivity contribution in [3.05, 3.63) is 24.8 Å². The molecule has 0 amide bonds. The number of nitrogens with zero attached hydrogens (tertiary/aromatic N) is 3. The van der Waals surface area contributed by atoms with Gasteiger partial charge in [-0.3, -0.25) is 4.98 Å². The molecular weight excluding hydrogens is 198 g/mol. The van der Waals surface area contributed by atoms with Crippen molar-refractivity contribution in [1.82, 2.24) is 14.5 Å². The van der Waals surface area contributed by atoms with Crippen LogP contribution in [0, 0.1) is 0 Å². The van der Waals surface area contributed by atoms with Gasteiger partial charge in [0.25, 0.3) is 0 Å². The number of hydrogen-bond donors (Lipinski definition) is 0. The SMILES string of the molecule is C.CC.CC(C)(C)n1cnc2cnccc21. The van der Waals surface area contributed by atoms with Gasteiger partial charge in [0.05, 0.1) is 18.0 Å². The van der Waals surface area contributed by atoms with E-state index in [-0.39, 0.29) is 13.0 Å². The number of rotatable bonds is 0. The van der Waals surface area contributed by atoms with Gasteiger partial charge in [0.15, 0.2) is 0 Å². The minimum atomic E-state index is 0. The minimum Gasteiger partial charge on any atom is -0.325 e. The highest BCUT2D eigenvalue weighted by Crippen LogP contribution is 2.20. The monoisotopic (exact) mass is 221 g/mol. The maximum Gasteiger partial charge on any atom is 0.107 e. The standard InChI is InChI=1S/C10H13N3.C2H6.CH4/c1-10(2,3)13-7-12-8-6-11-5-4-9(8)13;1-2;/h4-7H,1-3H3;1-2H3;1H4. The van der Waals surface area contributed by atoms with Gasteiger partial charge in [-0.05, 0) is 26.8 Å². The second-order valence-corrected chi connectivity index (χ2v) is 4.15. The highest BCUT2D eigenvalue weighted by atomic mass is 15.1. The Kier molecular flexibility index (Phi) is 5.15. The predicted molar refractivity (Wildman–Crippen MR) is 70.6 cm³/mol. The zero-order valence-corrected chi connectivity index (χ0v) is 10.2. The summed E-state index contributed by atoms with van der Waals surface area (Å²) in [6.45, 7) is 10.5. The van der Waals surface area contributed by atoms with Crippen molar-refractivity contribution < 1.29 is 0 Å². The van der Waals surface area contributed by atoms with E-state index in [1.54, 1.807) is 12.4 Å². The summed E-state index contributed by atoms with van der Waals surface area (Å²) in [6, 6.07) is 1.99. The Hall–Kier alpha value is -1.38. The second kappa shape index (κ2) is 5.64. The fraction of sp³-hybridized carbons (Fsp3) is 0.538. The number of aromatic nitrogens is 3. The maximum atomic E-state index is 4.29. The van der Waals surface area contributed by atoms with Gasteiger partial charge in [0.1, 0.15) is 5.52 Å². The average Bonchev–Trinajstić information content (AvgIpc) is 2.63. The first-order chi connectivity index (χ1) is 7.09. The molecule has 2 heterocycles. The molecule has 2 aromatic rings. The summed E-state index contributed by atoms with van der Waals surface area (Å²) in [5.41, 5.74) is 2.18. The Morgan fingerprint density at radius 3 is 2.38 bits per heavy atom. The van der Waals surface area contributed by atoms with Crippen molar-refractivity contribution in [2.45, 2.75) is 47.6 Å². The lowest BCUT2D eigenvalue weighted by Gasteiger charge is -2.21. The lowest BCUT2D eigenvalue weighted by Crippen LogP contribution is -2.20. The van der Waals surface area contributed by atoms with Crippen LogP contribution in [0.25, 0.3) is 11.0 Å². The van der Waals surface area contributed by atoms with Crippen LogP contribution in [-0.4, -0.2) is 14.5 Å². The molecule has 0 aliphatic heterocycles. The molecule has 16 heavy (non-hydrogen) atoms. The lowest BCUT2D eigenvalue weighted by molar-refractivity contribution is 0.408. The summed E-state index contributed by atoms with van der Waals surface area (Å²) in [5.74, 6) is 0. The van der Waals surface area contributed by atoms with Crippen molar-refractivity contribution in [3.63, 3.8) is 0 Å². The normalized spacial score (nSPS) is 10.3. The molecule has 0 saturated carbocycles. The molecule has 0 fully saturated rings. The van der Waals surface area contributed by atoms with Gasteiger partial charge < -0.3 is 4.57 Å². The smallest absolute Gasteiger partial charge is 0.107 e. The first-order valence-electron chi connectivity index (χ1n) is 5.36. The van der Waals surface area contributed by atoms with E-state index in [4.69, 9.17) is 0 Å². The second-order valence-electron chi connectivity index (χ2n) is 4.15. The molecule has 0 N–H and O–H groups in total. The first kappa shape index (κ1) is 14.6. The molecule has 0 unspecified atom stereocenters. The van der Waals surface area contributed by atoms with E-state index < -0.39 is 0 Å². The van der Waals surface area contributed by atoms with Crippen LogP contribution in [0.15, 0.2) is 24.8 Å². The van der Waals surface area contributed by atoms with Gasteiger partial charge in [0.2, 0.25) is 0 Å². The molecule has 0 saturated heterocycles. The van der Waals surface area contributed by atoms with Crippen LogP contribution in [0.4, 0.5) is 0 Å². The molecule has 0 aromatic carbocycles. The molecule has 2 aromatic heterocycles. The minimum absolute atomic E-state index is 0. The Bertz CT molecular complexity index is 424. The third-order valence-electron chi connectivity index (χ3n) is 2.07. The van der Waals surface area contributed by atoms with Crippen molar-refractivity contribution in [2.75, 3.05) is 0 Å². The summed E-state index contributed by atoms with van der Waals surface area (Å²) < 4.78 is 2.16. The summed E-state index contributed by atoms with van der Waals surface area (Å²) in [4.78, 5) is 8.32.